The van der Waals surface area contributed by atoms with Gasteiger partial charge in [0.05, 0.1) is 5.69 Å². The Bertz CT molecular complexity index is 1430. The summed E-state index contributed by atoms with van der Waals surface area (Å²) in [7, 11) is 0. The quantitative estimate of drug-likeness (QED) is 0.375. The first-order chi connectivity index (χ1) is 16.3. The van der Waals surface area contributed by atoms with Gasteiger partial charge in [0, 0.05) is 23.1 Å². The summed E-state index contributed by atoms with van der Waals surface area (Å²) in [6.45, 7) is 9.98. The molecule has 4 nitrogen and oxygen atoms in total. The van der Waals surface area contributed by atoms with Crippen molar-refractivity contribution >= 4 is 11.6 Å². The molecule has 172 valence electrons. The second-order valence-corrected chi connectivity index (χ2v) is 8.78. The Hall–Kier alpha value is -3.92. The maximum Gasteiger partial charge on any atom is 0.261 e. The van der Waals surface area contributed by atoms with Crippen LogP contribution in [0.5, 0.6) is 0 Å². The topological polar surface area (TPSA) is 51.1 Å². The van der Waals surface area contributed by atoms with E-state index < -0.39 is 5.91 Å². The maximum absolute atomic E-state index is 13.8. The number of nitrogens with zero attached hydrogens (tertiary/aromatic N) is 1. The molecule has 0 fully saturated rings. The highest BCUT2D eigenvalue weighted by atomic mass is 16.2. The van der Waals surface area contributed by atoms with Gasteiger partial charge in [-0.05, 0) is 62.4 Å². The Labute approximate surface area is 200 Å². The fourth-order valence-corrected chi connectivity index (χ4v) is 4.44. The van der Waals surface area contributed by atoms with E-state index in [-0.39, 0.29) is 11.0 Å². The fraction of sp³-hybridized carbons (Fsp3) is 0.200. The highest BCUT2D eigenvalue weighted by molar-refractivity contribution is 6.09. The van der Waals surface area contributed by atoms with Crippen LogP contribution in [-0.2, 0) is 6.42 Å². The van der Waals surface area contributed by atoms with E-state index in [0.29, 0.717) is 5.69 Å². The molecule has 0 spiro atoms. The number of carbonyl (C=O) groups is 1. The molecule has 1 heterocycles. The van der Waals surface area contributed by atoms with Crippen LogP contribution in [0.1, 0.15) is 45.2 Å². The van der Waals surface area contributed by atoms with Crippen molar-refractivity contribution in [3.8, 4) is 16.9 Å². The van der Waals surface area contributed by atoms with E-state index in [1.54, 1.807) is 6.07 Å². The molecule has 4 heteroatoms. The Morgan fingerprint density at radius 2 is 1.53 bits per heavy atom. The van der Waals surface area contributed by atoms with Gasteiger partial charge in [0.15, 0.2) is 5.43 Å². The fourth-order valence-electron chi connectivity index (χ4n) is 4.44. The smallest absolute Gasteiger partial charge is 0.261 e. The Balaban J connectivity index is 2.01. The molecular weight excluding hydrogens is 420 g/mol. The lowest BCUT2D eigenvalue weighted by Gasteiger charge is -2.22. The van der Waals surface area contributed by atoms with Gasteiger partial charge in [-0.1, -0.05) is 73.2 Å². The predicted molar refractivity (Wildman–Crippen MR) is 140 cm³/mol. The van der Waals surface area contributed by atoms with Crippen LogP contribution in [0.25, 0.3) is 16.9 Å². The average Bonchev–Trinajstić information content (AvgIpc) is 2.81. The third kappa shape index (κ3) is 4.32. The van der Waals surface area contributed by atoms with E-state index in [1.807, 2.05) is 99.0 Å². The van der Waals surface area contributed by atoms with Crippen LogP contribution in [-0.4, -0.2) is 10.5 Å². The van der Waals surface area contributed by atoms with Crippen LogP contribution >= 0.6 is 0 Å². The molecule has 0 saturated carbocycles. The van der Waals surface area contributed by atoms with Gasteiger partial charge < -0.3 is 9.88 Å². The minimum absolute atomic E-state index is 0.142. The van der Waals surface area contributed by atoms with Crippen molar-refractivity contribution in [1.29, 1.82) is 0 Å². The Morgan fingerprint density at radius 3 is 2.21 bits per heavy atom. The number of amides is 1. The number of aryl methyl sites for hydroxylation is 5. The summed E-state index contributed by atoms with van der Waals surface area (Å²) in [5.41, 5.74) is 7.93. The van der Waals surface area contributed by atoms with Crippen LogP contribution < -0.4 is 10.7 Å². The number of carbonyl (C=O) groups excluding carboxylic acids is 1. The van der Waals surface area contributed by atoms with E-state index in [9.17, 15) is 9.59 Å². The molecule has 1 aromatic heterocycles. The molecule has 0 atom stereocenters. The highest BCUT2D eigenvalue weighted by Gasteiger charge is 2.24. The molecule has 3 aromatic carbocycles. The minimum Gasteiger partial charge on any atom is -0.321 e. The summed E-state index contributed by atoms with van der Waals surface area (Å²) in [6, 6.07) is 23.5. The number of pyridine rings is 1. The van der Waals surface area contributed by atoms with Crippen molar-refractivity contribution in [2.75, 3.05) is 5.32 Å². The summed E-state index contributed by atoms with van der Waals surface area (Å²) in [5, 5.41) is 3.07. The molecule has 0 aliphatic rings. The lowest BCUT2D eigenvalue weighted by atomic mass is 10.00. The summed E-state index contributed by atoms with van der Waals surface area (Å²) >= 11 is 0. The SMILES string of the molecule is CCc1cccc(C)c1NC(=O)c1c(-c2ccc(C)cc2)n(-c2ccccc2C)c(C)cc1=O. The minimum atomic E-state index is -0.396. The van der Waals surface area contributed by atoms with E-state index in [1.165, 1.54) is 0 Å². The van der Waals surface area contributed by atoms with Crippen molar-refractivity contribution in [2.24, 2.45) is 0 Å². The summed E-state index contributed by atoms with van der Waals surface area (Å²) in [5.74, 6) is -0.396. The molecule has 0 bridgehead atoms. The van der Waals surface area contributed by atoms with E-state index in [0.717, 1.165) is 51.3 Å². The first kappa shape index (κ1) is 23.2. The molecule has 1 amide bonds. The number of nitrogens with one attached hydrogen (secondary N) is 1. The van der Waals surface area contributed by atoms with Gasteiger partial charge in [-0.3, -0.25) is 9.59 Å². The van der Waals surface area contributed by atoms with Gasteiger partial charge >= 0.3 is 0 Å². The second-order valence-electron chi connectivity index (χ2n) is 8.78. The van der Waals surface area contributed by atoms with Crippen LogP contribution in [0.2, 0.25) is 0 Å². The lowest BCUT2D eigenvalue weighted by molar-refractivity contribution is 0.102. The van der Waals surface area contributed by atoms with Crippen LogP contribution in [0.4, 0.5) is 5.69 Å². The van der Waals surface area contributed by atoms with Crippen LogP contribution in [0.3, 0.4) is 0 Å². The molecule has 0 saturated heterocycles. The number of rotatable bonds is 5. The molecule has 0 aliphatic carbocycles. The number of anilines is 1. The largest absolute Gasteiger partial charge is 0.321 e. The van der Waals surface area contributed by atoms with Gasteiger partial charge in [-0.25, -0.2) is 0 Å². The molecule has 34 heavy (non-hydrogen) atoms. The maximum atomic E-state index is 13.8. The molecule has 1 N–H and O–H groups in total. The van der Waals surface area contributed by atoms with E-state index in [4.69, 9.17) is 0 Å². The van der Waals surface area contributed by atoms with Crippen molar-refractivity contribution in [1.82, 2.24) is 4.57 Å². The number of para-hydroxylation sites is 2. The average molecular weight is 451 g/mol. The van der Waals surface area contributed by atoms with Gasteiger partial charge in [0.25, 0.3) is 5.91 Å². The number of hydrogen-bond donors (Lipinski definition) is 1. The zero-order valence-corrected chi connectivity index (χ0v) is 20.4. The van der Waals surface area contributed by atoms with E-state index in [2.05, 4.69) is 12.2 Å². The second kappa shape index (κ2) is 9.52. The Morgan fingerprint density at radius 1 is 0.853 bits per heavy atom. The van der Waals surface area contributed by atoms with Crippen molar-refractivity contribution in [2.45, 2.75) is 41.0 Å². The van der Waals surface area contributed by atoms with Crippen molar-refractivity contribution in [3.05, 3.63) is 117 Å². The normalized spacial score (nSPS) is 10.9. The molecule has 4 aromatic rings. The number of aromatic nitrogens is 1. The summed E-state index contributed by atoms with van der Waals surface area (Å²) in [4.78, 5) is 27.1. The van der Waals surface area contributed by atoms with Gasteiger partial charge in [0.2, 0.25) is 0 Å². The van der Waals surface area contributed by atoms with Gasteiger partial charge in [-0.2, -0.15) is 0 Å². The van der Waals surface area contributed by atoms with E-state index >= 15 is 0 Å². The van der Waals surface area contributed by atoms with Gasteiger partial charge in [-0.15, -0.1) is 0 Å². The molecule has 4 rings (SSSR count). The van der Waals surface area contributed by atoms with Crippen LogP contribution in [0, 0.1) is 27.7 Å². The first-order valence-corrected chi connectivity index (χ1v) is 11.6. The van der Waals surface area contributed by atoms with Crippen LogP contribution in [0.15, 0.2) is 77.6 Å². The highest BCUT2D eigenvalue weighted by Crippen LogP contribution is 2.30. The third-order valence-corrected chi connectivity index (χ3v) is 6.29. The zero-order valence-electron chi connectivity index (χ0n) is 20.4. The third-order valence-electron chi connectivity index (χ3n) is 6.29. The Kier molecular flexibility index (Phi) is 6.51. The number of hydrogen-bond acceptors (Lipinski definition) is 2. The monoisotopic (exact) mass is 450 g/mol. The zero-order chi connectivity index (χ0) is 24.4. The molecule has 0 aliphatic heterocycles. The number of benzene rings is 3. The molecular formula is C30H30N2O2. The predicted octanol–water partition coefficient (Wildman–Crippen LogP) is 6.55. The van der Waals surface area contributed by atoms with Crippen molar-refractivity contribution in [3.63, 3.8) is 0 Å². The first-order valence-electron chi connectivity index (χ1n) is 11.6. The van der Waals surface area contributed by atoms with Gasteiger partial charge in [0.1, 0.15) is 5.56 Å². The molecule has 0 radical (unpaired) electrons. The standard InChI is InChI=1S/C30H30N2O2/c1-6-23-12-9-11-21(4)28(23)31-30(34)27-26(33)18-22(5)32(25-13-8-7-10-20(25)3)29(27)24-16-14-19(2)15-17-24/h7-18H,6H2,1-5H3,(H,31,34). The lowest BCUT2D eigenvalue weighted by Crippen LogP contribution is -2.27. The molecule has 0 unspecified atom stereocenters. The summed E-state index contributed by atoms with van der Waals surface area (Å²) < 4.78 is 2.02. The summed E-state index contributed by atoms with van der Waals surface area (Å²) in [6.07, 6.45) is 0.781. The van der Waals surface area contributed by atoms with Crippen molar-refractivity contribution < 1.29 is 4.79 Å².